The molecular weight excluding hydrogens is 495 g/mol. The van der Waals surface area contributed by atoms with E-state index in [1.807, 2.05) is 54.6 Å². The number of pyridine rings is 1. The van der Waals surface area contributed by atoms with Gasteiger partial charge in [-0.1, -0.05) is 24.3 Å². The monoisotopic (exact) mass is 530 g/mol. The van der Waals surface area contributed by atoms with Crippen LogP contribution in [0.4, 0.5) is 15.9 Å². The van der Waals surface area contributed by atoms with Crippen molar-refractivity contribution in [3.63, 3.8) is 0 Å². The zero-order chi connectivity index (χ0) is 27.0. The molecule has 2 heterocycles. The number of ether oxygens (including phenoxy) is 3. The maximum absolute atomic E-state index is 15.0. The summed E-state index contributed by atoms with van der Waals surface area (Å²) < 4.78 is 31.2. The van der Waals surface area contributed by atoms with Crippen LogP contribution in [0.2, 0.25) is 0 Å². The summed E-state index contributed by atoms with van der Waals surface area (Å²) >= 11 is 0. The van der Waals surface area contributed by atoms with E-state index in [4.69, 9.17) is 14.2 Å². The minimum atomic E-state index is -0.181. The molecule has 8 heteroatoms. The fraction of sp³-hybridized carbons (Fsp3) is 0.323. The lowest BCUT2D eigenvalue weighted by Crippen LogP contribution is -2.37. The Labute approximate surface area is 228 Å². The van der Waals surface area contributed by atoms with Crippen LogP contribution >= 0.6 is 0 Å². The van der Waals surface area contributed by atoms with Crippen molar-refractivity contribution in [2.24, 2.45) is 0 Å². The van der Waals surface area contributed by atoms with Crippen LogP contribution < -0.4 is 20.1 Å². The highest BCUT2D eigenvalue weighted by Crippen LogP contribution is 2.30. The molecule has 0 spiro atoms. The molecule has 5 rings (SSSR count). The summed E-state index contributed by atoms with van der Waals surface area (Å²) in [5.74, 6) is 2.08. The van der Waals surface area contributed by atoms with E-state index >= 15 is 0 Å². The largest absolute Gasteiger partial charge is 0.497 e. The highest BCUT2D eigenvalue weighted by Gasteiger charge is 2.12. The standard InChI is InChI=1S/C31H35FN4O3/c1-37-25-9-8-24(30(19-25)38-2)21-35-31-27-4-3-5-29(26(27)10-12-33-31)34-20-23-7-6-22(18-28(23)32)11-13-36-14-16-39-17-15-36/h3-10,12,18-19,34H,11,13-17,20-21H2,1-2H3,(H,33,35). The van der Waals surface area contributed by atoms with Gasteiger partial charge in [0.25, 0.3) is 0 Å². The van der Waals surface area contributed by atoms with Gasteiger partial charge in [0.15, 0.2) is 0 Å². The molecule has 1 fully saturated rings. The minimum absolute atomic E-state index is 0.181. The van der Waals surface area contributed by atoms with Crippen LogP contribution in [-0.2, 0) is 24.2 Å². The van der Waals surface area contributed by atoms with E-state index in [1.165, 1.54) is 0 Å². The summed E-state index contributed by atoms with van der Waals surface area (Å²) in [4.78, 5) is 6.93. The Hall–Kier alpha value is -3.88. The Morgan fingerprint density at radius 2 is 1.72 bits per heavy atom. The van der Waals surface area contributed by atoms with Crippen LogP contribution in [-0.4, -0.2) is 57.0 Å². The smallest absolute Gasteiger partial charge is 0.134 e. The van der Waals surface area contributed by atoms with Crippen molar-refractivity contribution in [1.82, 2.24) is 9.88 Å². The van der Waals surface area contributed by atoms with Crippen LogP contribution in [0.3, 0.4) is 0 Å². The lowest BCUT2D eigenvalue weighted by atomic mass is 10.1. The fourth-order valence-corrected chi connectivity index (χ4v) is 4.87. The van der Waals surface area contributed by atoms with E-state index < -0.39 is 0 Å². The van der Waals surface area contributed by atoms with Crippen molar-refractivity contribution < 1.29 is 18.6 Å². The van der Waals surface area contributed by atoms with Gasteiger partial charge in [0, 0.05) is 72.6 Å². The molecule has 0 atom stereocenters. The Morgan fingerprint density at radius 1 is 0.897 bits per heavy atom. The molecule has 0 bridgehead atoms. The first-order valence-corrected chi connectivity index (χ1v) is 13.3. The highest BCUT2D eigenvalue weighted by atomic mass is 19.1. The molecule has 0 amide bonds. The summed E-state index contributed by atoms with van der Waals surface area (Å²) in [6.45, 7) is 5.29. The number of benzene rings is 3. The Kier molecular flexibility index (Phi) is 8.75. The number of fused-ring (bicyclic) bond motifs is 1. The molecule has 1 aliphatic heterocycles. The molecule has 1 aliphatic rings. The van der Waals surface area contributed by atoms with E-state index in [1.54, 1.807) is 26.5 Å². The zero-order valence-electron chi connectivity index (χ0n) is 22.5. The molecular formula is C31H35FN4O3. The average Bonchev–Trinajstić information content (AvgIpc) is 2.99. The van der Waals surface area contributed by atoms with E-state index in [-0.39, 0.29) is 5.82 Å². The van der Waals surface area contributed by atoms with Gasteiger partial charge < -0.3 is 24.8 Å². The molecule has 39 heavy (non-hydrogen) atoms. The first-order valence-electron chi connectivity index (χ1n) is 13.3. The van der Waals surface area contributed by atoms with Crippen molar-refractivity contribution in [2.75, 3.05) is 57.7 Å². The molecule has 0 aliphatic carbocycles. The van der Waals surface area contributed by atoms with Gasteiger partial charge in [-0.15, -0.1) is 0 Å². The first kappa shape index (κ1) is 26.7. The Morgan fingerprint density at radius 3 is 2.51 bits per heavy atom. The third kappa shape index (κ3) is 6.58. The molecule has 4 aromatic rings. The van der Waals surface area contributed by atoms with Crippen LogP contribution in [0.1, 0.15) is 16.7 Å². The Bertz CT molecular complexity index is 1410. The molecule has 204 valence electrons. The van der Waals surface area contributed by atoms with E-state index in [0.29, 0.717) is 18.7 Å². The molecule has 0 unspecified atom stereocenters. The van der Waals surface area contributed by atoms with Crippen LogP contribution in [0.5, 0.6) is 11.5 Å². The van der Waals surface area contributed by atoms with Gasteiger partial charge in [0.2, 0.25) is 0 Å². The predicted octanol–water partition coefficient (Wildman–Crippen LogP) is 5.49. The number of rotatable bonds is 11. The third-order valence-corrected chi connectivity index (χ3v) is 7.15. The number of hydrogen-bond donors (Lipinski definition) is 2. The number of nitrogens with one attached hydrogen (secondary N) is 2. The number of halogens is 1. The second-order valence-corrected chi connectivity index (χ2v) is 9.57. The van der Waals surface area contributed by atoms with Crippen molar-refractivity contribution >= 4 is 22.3 Å². The van der Waals surface area contributed by atoms with Crippen molar-refractivity contribution in [3.05, 3.63) is 89.4 Å². The van der Waals surface area contributed by atoms with Crippen molar-refractivity contribution in [1.29, 1.82) is 0 Å². The van der Waals surface area contributed by atoms with Crippen LogP contribution in [0, 0.1) is 5.82 Å². The van der Waals surface area contributed by atoms with Crippen LogP contribution in [0.15, 0.2) is 66.9 Å². The maximum atomic E-state index is 15.0. The molecule has 0 radical (unpaired) electrons. The summed E-state index contributed by atoms with van der Waals surface area (Å²) in [5, 5.41) is 8.86. The second-order valence-electron chi connectivity index (χ2n) is 9.57. The van der Waals surface area contributed by atoms with E-state index in [9.17, 15) is 4.39 Å². The normalized spacial score (nSPS) is 13.8. The fourth-order valence-electron chi connectivity index (χ4n) is 4.87. The zero-order valence-corrected chi connectivity index (χ0v) is 22.5. The topological polar surface area (TPSA) is 67.9 Å². The highest BCUT2D eigenvalue weighted by molar-refractivity contribution is 5.99. The lowest BCUT2D eigenvalue weighted by molar-refractivity contribution is 0.0384. The quantitative estimate of drug-likeness (QED) is 0.266. The maximum Gasteiger partial charge on any atom is 0.134 e. The third-order valence-electron chi connectivity index (χ3n) is 7.15. The van der Waals surface area contributed by atoms with Gasteiger partial charge in [-0.05, 0) is 42.3 Å². The van der Waals surface area contributed by atoms with E-state index in [0.717, 1.165) is 84.2 Å². The van der Waals surface area contributed by atoms with Gasteiger partial charge in [-0.25, -0.2) is 9.37 Å². The number of methoxy groups -OCH3 is 2. The van der Waals surface area contributed by atoms with Crippen LogP contribution in [0.25, 0.3) is 10.8 Å². The summed E-state index contributed by atoms with van der Waals surface area (Å²) in [6.07, 6.45) is 2.62. The number of aromatic nitrogens is 1. The first-order chi connectivity index (χ1) is 19.1. The van der Waals surface area contributed by atoms with Crippen molar-refractivity contribution in [3.8, 4) is 11.5 Å². The second kappa shape index (κ2) is 12.8. The van der Waals surface area contributed by atoms with Crippen molar-refractivity contribution in [2.45, 2.75) is 19.5 Å². The molecule has 1 aromatic heterocycles. The summed E-state index contributed by atoms with van der Waals surface area (Å²) in [7, 11) is 3.28. The number of morpholine rings is 1. The van der Waals surface area contributed by atoms with Gasteiger partial charge >= 0.3 is 0 Å². The molecule has 7 nitrogen and oxygen atoms in total. The summed E-state index contributed by atoms with van der Waals surface area (Å²) in [5.41, 5.74) is 3.58. The van der Waals surface area contributed by atoms with Gasteiger partial charge in [0.1, 0.15) is 23.1 Å². The molecule has 0 saturated carbocycles. The number of nitrogens with zero attached hydrogens (tertiary/aromatic N) is 2. The van der Waals surface area contributed by atoms with Gasteiger partial charge in [0.05, 0.1) is 27.4 Å². The Balaban J connectivity index is 1.25. The lowest BCUT2D eigenvalue weighted by Gasteiger charge is -2.26. The van der Waals surface area contributed by atoms with Gasteiger partial charge in [-0.2, -0.15) is 0 Å². The average molecular weight is 531 g/mol. The molecule has 1 saturated heterocycles. The predicted molar refractivity (Wildman–Crippen MR) is 153 cm³/mol. The molecule has 2 N–H and O–H groups in total. The SMILES string of the molecule is COc1ccc(CNc2nccc3c(NCc4ccc(CCN5CCOCC5)cc4F)cccc23)c(OC)c1. The number of hydrogen-bond acceptors (Lipinski definition) is 7. The summed E-state index contributed by atoms with van der Waals surface area (Å²) in [6, 6.07) is 19.3. The van der Waals surface area contributed by atoms with E-state index in [2.05, 4.69) is 20.5 Å². The number of anilines is 2. The van der Waals surface area contributed by atoms with Gasteiger partial charge in [-0.3, -0.25) is 4.90 Å². The molecule has 3 aromatic carbocycles. The minimum Gasteiger partial charge on any atom is -0.497 e.